The van der Waals surface area contributed by atoms with Crippen molar-refractivity contribution in [2.45, 2.75) is 19.4 Å². The normalized spacial score (nSPS) is 15.3. The number of anilines is 1. The molecule has 3 N–H and O–H groups in total. The SMILES string of the molecule is Cl.O=C(Nc1ccc2c(c1)CCO2)c1n[nH]c2c1CNCC2. The molecular formula is C15H17ClN4O2. The summed E-state index contributed by atoms with van der Waals surface area (Å²) in [5.41, 5.74) is 4.43. The van der Waals surface area contributed by atoms with E-state index in [4.69, 9.17) is 4.74 Å². The standard InChI is InChI=1S/C15H16N4O2.ClH/c20-15(14-11-8-16-5-3-12(11)18-19-14)17-10-1-2-13-9(7-10)4-6-21-13;/h1-2,7,16H,3-6,8H2,(H,17,20)(H,18,19);1H. The highest BCUT2D eigenvalue weighted by Crippen LogP contribution is 2.28. The minimum atomic E-state index is -0.171. The number of halogens is 1. The van der Waals surface area contributed by atoms with Crippen LogP contribution in [-0.2, 0) is 19.4 Å². The number of hydrogen-bond donors (Lipinski definition) is 3. The average molecular weight is 321 g/mol. The second-order valence-corrected chi connectivity index (χ2v) is 5.33. The van der Waals surface area contributed by atoms with Gasteiger partial charge in [0, 0.05) is 42.9 Å². The molecule has 0 radical (unpaired) electrons. The number of hydrogen-bond acceptors (Lipinski definition) is 4. The highest BCUT2D eigenvalue weighted by atomic mass is 35.5. The smallest absolute Gasteiger partial charge is 0.276 e. The van der Waals surface area contributed by atoms with Gasteiger partial charge in [-0.25, -0.2) is 0 Å². The van der Waals surface area contributed by atoms with Gasteiger partial charge in [0.05, 0.1) is 6.61 Å². The van der Waals surface area contributed by atoms with Crippen molar-refractivity contribution in [2.75, 3.05) is 18.5 Å². The lowest BCUT2D eigenvalue weighted by Gasteiger charge is -2.13. The number of aromatic nitrogens is 2. The van der Waals surface area contributed by atoms with Crippen molar-refractivity contribution in [3.05, 3.63) is 40.7 Å². The zero-order valence-electron chi connectivity index (χ0n) is 11.9. The van der Waals surface area contributed by atoms with E-state index >= 15 is 0 Å². The van der Waals surface area contributed by atoms with E-state index in [-0.39, 0.29) is 18.3 Å². The van der Waals surface area contributed by atoms with E-state index < -0.39 is 0 Å². The quantitative estimate of drug-likeness (QED) is 0.786. The van der Waals surface area contributed by atoms with Crippen LogP contribution < -0.4 is 15.4 Å². The minimum Gasteiger partial charge on any atom is -0.493 e. The van der Waals surface area contributed by atoms with Crippen LogP contribution in [0.5, 0.6) is 5.75 Å². The van der Waals surface area contributed by atoms with Gasteiger partial charge in [-0.1, -0.05) is 0 Å². The number of fused-ring (bicyclic) bond motifs is 2. The molecule has 0 aliphatic carbocycles. The molecule has 1 aromatic heterocycles. The molecule has 0 fully saturated rings. The first-order valence-electron chi connectivity index (χ1n) is 7.15. The topological polar surface area (TPSA) is 79.0 Å². The lowest BCUT2D eigenvalue weighted by atomic mass is 10.1. The molecule has 2 aliphatic heterocycles. The molecule has 1 aromatic carbocycles. The Balaban J connectivity index is 0.00000144. The Morgan fingerprint density at radius 2 is 2.23 bits per heavy atom. The lowest BCUT2D eigenvalue weighted by Crippen LogP contribution is -2.25. The van der Waals surface area contributed by atoms with E-state index in [1.165, 1.54) is 0 Å². The van der Waals surface area contributed by atoms with Crippen LogP contribution in [0.1, 0.15) is 27.3 Å². The van der Waals surface area contributed by atoms with Crippen LogP contribution in [0.3, 0.4) is 0 Å². The fourth-order valence-electron chi connectivity index (χ4n) is 2.87. The molecule has 0 spiro atoms. The van der Waals surface area contributed by atoms with Crippen molar-refractivity contribution in [3.63, 3.8) is 0 Å². The summed E-state index contributed by atoms with van der Waals surface area (Å²) >= 11 is 0. The van der Waals surface area contributed by atoms with E-state index in [0.29, 0.717) is 18.8 Å². The molecule has 116 valence electrons. The third-order valence-corrected chi connectivity index (χ3v) is 3.97. The molecule has 22 heavy (non-hydrogen) atoms. The third-order valence-electron chi connectivity index (χ3n) is 3.97. The Morgan fingerprint density at radius 1 is 1.32 bits per heavy atom. The number of H-pyrrole nitrogens is 1. The number of aromatic amines is 1. The number of rotatable bonds is 2. The minimum absolute atomic E-state index is 0. The highest BCUT2D eigenvalue weighted by Gasteiger charge is 2.22. The van der Waals surface area contributed by atoms with Gasteiger partial charge in [0.25, 0.3) is 5.91 Å². The monoisotopic (exact) mass is 320 g/mol. The first kappa shape index (κ1) is 14.9. The summed E-state index contributed by atoms with van der Waals surface area (Å²) in [5, 5.41) is 13.3. The van der Waals surface area contributed by atoms with Gasteiger partial charge in [-0.05, 0) is 23.8 Å². The first-order valence-corrected chi connectivity index (χ1v) is 7.15. The van der Waals surface area contributed by atoms with E-state index in [2.05, 4.69) is 20.8 Å². The maximum absolute atomic E-state index is 12.4. The molecule has 0 saturated carbocycles. The molecule has 7 heteroatoms. The number of nitrogens with zero attached hydrogens (tertiary/aromatic N) is 1. The second-order valence-electron chi connectivity index (χ2n) is 5.33. The Kier molecular flexibility index (Phi) is 4.04. The van der Waals surface area contributed by atoms with Crippen molar-refractivity contribution in [1.29, 1.82) is 0 Å². The molecule has 4 rings (SSSR count). The summed E-state index contributed by atoms with van der Waals surface area (Å²) in [5.74, 6) is 0.740. The third kappa shape index (κ3) is 2.55. The summed E-state index contributed by atoms with van der Waals surface area (Å²) in [6.45, 7) is 2.32. The van der Waals surface area contributed by atoms with Gasteiger partial charge in [0.1, 0.15) is 5.75 Å². The zero-order valence-corrected chi connectivity index (χ0v) is 12.8. The fraction of sp³-hybridized carbons (Fsp3) is 0.333. The number of amides is 1. The lowest BCUT2D eigenvalue weighted by molar-refractivity contribution is 0.102. The van der Waals surface area contributed by atoms with E-state index in [1.807, 2.05) is 18.2 Å². The van der Waals surface area contributed by atoms with E-state index in [0.717, 1.165) is 47.6 Å². The number of ether oxygens (including phenoxy) is 1. The number of nitrogens with one attached hydrogen (secondary N) is 3. The summed E-state index contributed by atoms with van der Waals surface area (Å²) in [6.07, 6.45) is 1.77. The van der Waals surface area contributed by atoms with Crippen molar-refractivity contribution >= 4 is 24.0 Å². The maximum Gasteiger partial charge on any atom is 0.276 e. The largest absolute Gasteiger partial charge is 0.493 e. The predicted molar refractivity (Wildman–Crippen MR) is 84.8 cm³/mol. The Hall–Kier alpha value is -2.05. The Labute approximate surface area is 134 Å². The van der Waals surface area contributed by atoms with Crippen molar-refractivity contribution in [2.24, 2.45) is 0 Å². The molecule has 0 unspecified atom stereocenters. The molecule has 6 nitrogen and oxygen atoms in total. The van der Waals surface area contributed by atoms with Crippen LogP contribution in [0.25, 0.3) is 0 Å². The molecule has 0 bridgehead atoms. The van der Waals surface area contributed by atoms with Crippen molar-refractivity contribution < 1.29 is 9.53 Å². The number of benzene rings is 1. The summed E-state index contributed by atoms with van der Waals surface area (Å²) in [7, 11) is 0. The fourth-order valence-corrected chi connectivity index (χ4v) is 2.87. The van der Waals surface area contributed by atoms with Crippen molar-refractivity contribution in [3.8, 4) is 5.75 Å². The number of carbonyl (C=O) groups is 1. The zero-order chi connectivity index (χ0) is 14.2. The van der Waals surface area contributed by atoms with E-state index in [9.17, 15) is 4.79 Å². The van der Waals surface area contributed by atoms with Crippen molar-refractivity contribution in [1.82, 2.24) is 15.5 Å². The molecule has 2 aliphatic rings. The van der Waals surface area contributed by atoms with Crippen LogP contribution in [0.2, 0.25) is 0 Å². The summed E-state index contributed by atoms with van der Waals surface area (Å²) in [6, 6.07) is 5.73. The molecule has 0 saturated heterocycles. The van der Waals surface area contributed by atoms with Crippen LogP contribution in [-0.4, -0.2) is 29.3 Å². The molecule has 1 amide bonds. The van der Waals surface area contributed by atoms with Crippen LogP contribution in [0.4, 0.5) is 5.69 Å². The highest BCUT2D eigenvalue weighted by molar-refractivity contribution is 6.04. The van der Waals surface area contributed by atoms with Gasteiger partial charge in [-0.15, -0.1) is 12.4 Å². The van der Waals surface area contributed by atoms with Crippen LogP contribution >= 0.6 is 12.4 Å². The van der Waals surface area contributed by atoms with Gasteiger partial charge in [0.15, 0.2) is 5.69 Å². The van der Waals surface area contributed by atoms with E-state index in [1.54, 1.807) is 0 Å². The van der Waals surface area contributed by atoms with Gasteiger partial charge >= 0.3 is 0 Å². The number of carbonyl (C=O) groups excluding carboxylic acids is 1. The molecule has 0 atom stereocenters. The van der Waals surface area contributed by atoms with Gasteiger partial charge in [-0.2, -0.15) is 5.10 Å². The average Bonchev–Trinajstić information content (AvgIpc) is 3.13. The molecular weight excluding hydrogens is 304 g/mol. The van der Waals surface area contributed by atoms with Crippen LogP contribution in [0.15, 0.2) is 18.2 Å². The van der Waals surface area contributed by atoms with Gasteiger partial charge in [0.2, 0.25) is 0 Å². The second kappa shape index (κ2) is 5.98. The Bertz CT molecular complexity index is 714. The van der Waals surface area contributed by atoms with Gasteiger partial charge in [-0.3, -0.25) is 9.89 Å². The predicted octanol–water partition coefficient (Wildman–Crippen LogP) is 1.66. The summed E-state index contributed by atoms with van der Waals surface area (Å²) < 4.78 is 5.47. The molecule has 2 aromatic rings. The van der Waals surface area contributed by atoms with Gasteiger partial charge < -0.3 is 15.4 Å². The summed E-state index contributed by atoms with van der Waals surface area (Å²) in [4.78, 5) is 12.4. The Morgan fingerprint density at radius 3 is 3.14 bits per heavy atom. The van der Waals surface area contributed by atoms with Crippen LogP contribution in [0, 0.1) is 0 Å². The first-order chi connectivity index (χ1) is 10.3. The molecule has 3 heterocycles. The maximum atomic E-state index is 12.4.